The Morgan fingerprint density at radius 2 is 1.97 bits per heavy atom. The van der Waals surface area contributed by atoms with Crippen LogP contribution in [0, 0.1) is 30.1 Å². The van der Waals surface area contributed by atoms with Gasteiger partial charge in [0, 0.05) is 23.1 Å². The summed E-state index contributed by atoms with van der Waals surface area (Å²) in [5.41, 5.74) is 4.43. The average molecular weight is 421 g/mol. The van der Waals surface area contributed by atoms with E-state index in [0.29, 0.717) is 31.8 Å². The number of imidazole rings is 1. The molecule has 1 atom stereocenters. The molecule has 0 spiro atoms. The molecule has 5 nitrogen and oxygen atoms in total. The van der Waals surface area contributed by atoms with Gasteiger partial charge in [0.15, 0.2) is 6.29 Å². The fraction of sp³-hybridized carbons (Fsp3) is 0.577. The smallest absolute Gasteiger partial charge is 0.175 e. The molecule has 1 saturated heterocycles. The summed E-state index contributed by atoms with van der Waals surface area (Å²) in [5, 5.41) is 0. The molecule has 2 saturated carbocycles. The van der Waals surface area contributed by atoms with Crippen molar-refractivity contribution in [3.63, 3.8) is 0 Å². The van der Waals surface area contributed by atoms with Gasteiger partial charge in [0.1, 0.15) is 6.10 Å². The molecular formula is C26H32N2O3. The maximum atomic E-state index is 6.45. The minimum absolute atomic E-state index is 0.0741. The molecule has 3 fully saturated rings. The Morgan fingerprint density at radius 3 is 2.68 bits per heavy atom. The lowest BCUT2D eigenvalue weighted by Gasteiger charge is -2.34. The molecule has 0 radical (unpaired) electrons. The SMILES string of the molecule is Cc1ccc(C#CC2CC2)cc1C(OC1CC1)c1cn(CC2OCC(C)(C)CO2)cn1. The summed E-state index contributed by atoms with van der Waals surface area (Å²) < 4.78 is 20.3. The molecule has 5 heteroatoms. The molecule has 2 aromatic rings. The number of benzene rings is 1. The Kier molecular flexibility index (Phi) is 5.64. The van der Waals surface area contributed by atoms with Crippen LogP contribution in [0.15, 0.2) is 30.7 Å². The molecule has 0 amide bonds. The molecule has 31 heavy (non-hydrogen) atoms. The second-order valence-corrected chi connectivity index (χ2v) is 10.0. The maximum Gasteiger partial charge on any atom is 0.175 e. The normalized spacial score (nSPS) is 22.0. The Balaban J connectivity index is 1.35. The van der Waals surface area contributed by atoms with Crippen molar-refractivity contribution < 1.29 is 14.2 Å². The third-order valence-corrected chi connectivity index (χ3v) is 6.01. The van der Waals surface area contributed by atoms with Gasteiger partial charge in [0.2, 0.25) is 0 Å². The lowest BCUT2D eigenvalue weighted by molar-refractivity contribution is -0.226. The highest BCUT2D eigenvalue weighted by Crippen LogP contribution is 2.36. The van der Waals surface area contributed by atoms with Crippen LogP contribution in [0.3, 0.4) is 0 Å². The van der Waals surface area contributed by atoms with Gasteiger partial charge in [0.05, 0.1) is 37.9 Å². The molecule has 1 aromatic carbocycles. The van der Waals surface area contributed by atoms with Crippen LogP contribution in [0.2, 0.25) is 0 Å². The Hall–Kier alpha value is -2.13. The minimum atomic E-state index is -0.236. The molecule has 0 bridgehead atoms. The summed E-state index contributed by atoms with van der Waals surface area (Å²) >= 11 is 0. The van der Waals surface area contributed by atoms with Crippen LogP contribution in [0.25, 0.3) is 0 Å². The number of rotatable bonds is 6. The molecule has 2 heterocycles. The predicted molar refractivity (Wildman–Crippen MR) is 118 cm³/mol. The van der Waals surface area contributed by atoms with Crippen LogP contribution in [-0.4, -0.2) is 35.2 Å². The first kappa shape index (κ1) is 20.8. The second kappa shape index (κ2) is 8.43. The van der Waals surface area contributed by atoms with Crippen molar-refractivity contribution in [1.82, 2.24) is 9.55 Å². The zero-order valence-corrected chi connectivity index (χ0v) is 18.8. The van der Waals surface area contributed by atoms with Crippen molar-refractivity contribution in [2.24, 2.45) is 11.3 Å². The lowest BCUT2D eigenvalue weighted by Crippen LogP contribution is -2.39. The van der Waals surface area contributed by atoms with Gasteiger partial charge >= 0.3 is 0 Å². The largest absolute Gasteiger partial charge is 0.364 e. The van der Waals surface area contributed by atoms with Gasteiger partial charge in [-0.2, -0.15) is 0 Å². The van der Waals surface area contributed by atoms with Crippen LogP contribution in [-0.2, 0) is 20.8 Å². The summed E-state index contributed by atoms with van der Waals surface area (Å²) in [5.74, 6) is 7.31. The molecule has 5 rings (SSSR count). The molecular weight excluding hydrogens is 388 g/mol. The van der Waals surface area contributed by atoms with Crippen LogP contribution >= 0.6 is 0 Å². The standard InChI is InChI=1S/C26H32N2O3/c1-18-4-5-20(9-8-19-6-7-19)12-22(18)25(31-21-10-11-21)23-13-28(17-27-23)14-24-29-15-26(2,3)16-30-24/h4-5,12-13,17,19,21,24-25H,6-7,10-11,14-16H2,1-3H3. The van der Waals surface area contributed by atoms with Gasteiger partial charge in [-0.15, -0.1) is 0 Å². The van der Waals surface area contributed by atoms with Gasteiger partial charge in [0.25, 0.3) is 0 Å². The van der Waals surface area contributed by atoms with E-state index in [-0.39, 0.29) is 17.8 Å². The molecule has 3 aliphatic rings. The van der Waals surface area contributed by atoms with Crippen molar-refractivity contribution in [2.75, 3.05) is 13.2 Å². The van der Waals surface area contributed by atoms with Crippen molar-refractivity contribution in [3.8, 4) is 11.8 Å². The number of aromatic nitrogens is 2. The Bertz CT molecular complexity index is 982. The van der Waals surface area contributed by atoms with Crippen LogP contribution in [0.4, 0.5) is 0 Å². The van der Waals surface area contributed by atoms with E-state index in [0.717, 1.165) is 29.7 Å². The number of nitrogens with zero attached hydrogens (tertiary/aromatic N) is 2. The van der Waals surface area contributed by atoms with Crippen molar-refractivity contribution in [2.45, 2.75) is 71.5 Å². The highest BCUT2D eigenvalue weighted by Gasteiger charge is 2.31. The summed E-state index contributed by atoms with van der Waals surface area (Å²) in [6, 6.07) is 6.45. The van der Waals surface area contributed by atoms with Crippen molar-refractivity contribution in [3.05, 3.63) is 53.1 Å². The minimum Gasteiger partial charge on any atom is -0.364 e. The first-order valence-corrected chi connectivity index (χ1v) is 11.5. The molecule has 1 aromatic heterocycles. The molecule has 1 aliphatic heterocycles. The third-order valence-electron chi connectivity index (χ3n) is 6.01. The fourth-order valence-electron chi connectivity index (χ4n) is 3.73. The average Bonchev–Trinajstić information content (AvgIpc) is 3.68. The fourth-order valence-corrected chi connectivity index (χ4v) is 3.73. The quantitative estimate of drug-likeness (QED) is 0.640. The van der Waals surface area contributed by atoms with Crippen LogP contribution < -0.4 is 0 Å². The van der Waals surface area contributed by atoms with E-state index in [1.54, 1.807) is 0 Å². The van der Waals surface area contributed by atoms with Gasteiger partial charge in [-0.1, -0.05) is 31.8 Å². The number of hydrogen-bond donors (Lipinski definition) is 0. The summed E-state index contributed by atoms with van der Waals surface area (Å²) in [6.07, 6.45) is 8.56. The van der Waals surface area contributed by atoms with Crippen LogP contribution in [0.5, 0.6) is 0 Å². The van der Waals surface area contributed by atoms with Gasteiger partial charge in [-0.05, 0) is 55.9 Å². The lowest BCUT2D eigenvalue weighted by atomic mass is 9.96. The van der Waals surface area contributed by atoms with E-state index in [1.165, 1.54) is 18.4 Å². The van der Waals surface area contributed by atoms with E-state index in [9.17, 15) is 0 Å². The van der Waals surface area contributed by atoms with E-state index in [1.807, 2.05) is 10.9 Å². The van der Waals surface area contributed by atoms with Gasteiger partial charge in [-0.3, -0.25) is 0 Å². The molecule has 2 aliphatic carbocycles. The molecule has 0 N–H and O–H groups in total. The van der Waals surface area contributed by atoms with Gasteiger partial charge < -0.3 is 18.8 Å². The summed E-state index contributed by atoms with van der Waals surface area (Å²) in [4.78, 5) is 4.71. The Labute approximate surface area is 185 Å². The van der Waals surface area contributed by atoms with E-state index in [2.05, 4.69) is 57.0 Å². The molecule has 164 valence electrons. The monoisotopic (exact) mass is 420 g/mol. The number of aryl methyl sites for hydroxylation is 1. The summed E-state index contributed by atoms with van der Waals surface area (Å²) in [6.45, 7) is 8.50. The predicted octanol–water partition coefficient (Wildman–Crippen LogP) is 4.62. The Morgan fingerprint density at radius 1 is 1.19 bits per heavy atom. The topological polar surface area (TPSA) is 45.5 Å². The van der Waals surface area contributed by atoms with E-state index in [4.69, 9.17) is 19.2 Å². The van der Waals surface area contributed by atoms with Crippen LogP contribution in [0.1, 0.15) is 68.0 Å². The summed E-state index contributed by atoms with van der Waals surface area (Å²) in [7, 11) is 0. The number of ether oxygens (including phenoxy) is 3. The highest BCUT2D eigenvalue weighted by molar-refractivity contribution is 5.44. The first-order valence-electron chi connectivity index (χ1n) is 11.5. The van der Waals surface area contributed by atoms with E-state index >= 15 is 0 Å². The zero-order chi connectivity index (χ0) is 21.4. The van der Waals surface area contributed by atoms with Gasteiger partial charge in [-0.25, -0.2) is 4.98 Å². The van der Waals surface area contributed by atoms with Crippen molar-refractivity contribution in [1.29, 1.82) is 0 Å². The van der Waals surface area contributed by atoms with Crippen molar-refractivity contribution >= 4 is 0 Å². The second-order valence-electron chi connectivity index (χ2n) is 10.0. The number of hydrogen-bond acceptors (Lipinski definition) is 4. The first-order chi connectivity index (χ1) is 14.9. The third kappa shape index (κ3) is 5.38. The maximum absolute atomic E-state index is 6.45. The van der Waals surface area contributed by atoms with E-state index < -0.39 is 0 Å². The highest BCUT2D eigenvalue weighted by atomic mass is 16.7. The molecule has 1 unspecified atom stereocenters. The zero-order valence-electron chi connectivity index (χ0n) is 18.8.